The third kappa shape index (κ3) is 3.04. The van der Waals surface area contributed by atoms with E-state index in [0.717, 1.165) is 12.1 Å². The van der Waals surface area contributed by atoms with Crippen LogP contribution in [0.4, 0.5) is 11.4 Å². The Balaban J connectivity index is 1.97. The highest BCUT2D eigenvalue weighted by atomic mass is 35.5. The molecule has 1 aromatic carbocycles. The molecule has 17 heavy (non-hydrogen) atoms. The molecule has 1 aliphatic heterocycles. The molecule has 0 radical (unpaired) electrons. The van der Waals surface area contributed by atoms with Crippen LogP contribution in [-0.2, 0) is 9.84 Å². The van der Waals surface area contributed by atoms with Gasteiger partial charge in [0, 0.05) is 6.54 Å². The second-order valence-electron chi connectivity index (χ2n) is 4.35. The van der Waals surface area contributed by atoms with Gasteiger partial charge in [0.1, 0.15) is 0 Å². The molecule has 0 aromatic heterocycles. The predicted molar refractivity (Wildman–Crippen MR) is 71.1 cm³/mol. The Morgan fingerprint density at radius 1 is 1.47 bits per heavy atom. The lowest BCUT2D eigenvalue weighted by molar-refractivity contribution is 0.596. The highest BCUT2D eigenvalue weighted by Crippen LogP contribution is 2.27. The molecule has 4 nitrogen and oxygen atoms in total. The molecule has 94 valence electrons. The number of nitrogen functional groups attached to an aromatic ring is 1. The van der Waals surface area contributed by atoms with Crippen molar-refractivity contribution in [2.75, 3.05) is 29.1 Å². The minimum Gasteiger partial charge on any atom is -0.396 e. The number of benzene rings is 1. The summed E-state index contributed by atoms with van der Waals surface area (Å²) in [5.41, 5.74) is 7.08. The van der Waals surface area contributed by atoms with Crippen molar-refractivity contribution < 1.29 is 8.42 Å². The molecule has 1 unspecified atom stereocenters. The van der Waals surface area contributed by atoms with E-state index in [4.69, 9.17) is 17.3 Å². The average Bonchev–Trinajstić information content (AvgIpc) is 2.61. The highest BCUT2D eigenvalue weighted by Gasteiger charge is 2.27. The molecule has 0 amide bonds. The zero-order chi connectivity index (χ0) is 12.5. The van der Waals surface area contributed by atoms with E-state index < -0.39 is 9.84 Å². The van der Waals surface area contributed by atoms with Gasteiger partial charge >= 0.3 is 0 Å². The summed E-state index contributed by atoms with van der Waals surface area (Å²) in [6.45, 7) is 0.615. The van der Waals surface area contributed by atoms with E-state index in [1.807, 2.05) is 12.1 Å². The van der Waals surface area contributed by atoms with Crippen LogP contribution >= 0.6 is 11.6 Å². The number of hydrogen-bond acceptors (Lipinski definition) is 4. The van der Waals surface area contributed by atoms with Crippen molar-refractivity contribution in [2.24, 2.45) is 5.92 Å². The fourth-order valence-corrected chi connectivity index (χ4v) is 4.01. The monoisotopic (exact) mass is 274 g/mol. The van der Waals surface area contributed by atoms with Crippen LogP contribution in [0.15, 0.2) is 18.2 Å². The van der Waals surface area contributed by atoms with Crippen molar-refractivity contribution in [1.29, 1.82) is 0 Å². The molecule has 1 heterocycles. The molecular formula is C11H15ClN2O2S. The first kappa shape index (κ1) is 12.5. The number of hydrogen-bond donors (Lipinski definition) is 2. The van der Waals surface area contributed by atoms with E-state index in [1.165, 1.54) is 0 Å². The maximum Gasteiger partial charge on any atom is 0.150 e. The number of sulfone groups is 1. The molecule has 3 N–H and O–H groups in total. The number of anilines is 2. The van der Waals surface area contributed by atoms with Gasteiger partial charge in [-0.3, -0.25) is 0 Å². The molecule has 1 aromatic rings. The van der Waals surface area contributed by atoms with E-state index in [2.05, 4.69) is 5.32 Å². The molecule has 1 fully saturated rings. The van der Waals surface area contributed by atoms with E-state index in [-0.39, 0.29) is 11.7 Å². The summed E-state index contributed by atoms with van der Waals surface area (Å²) < 4.78 is 22.6. The molecule has 0 aliphatic carbocycles. The van der Waals surface area contributed by atoms with Gasteiger partial charge in [-0.05, 0) is 24.5 Å². The van der Waals surface area contributed by atoms with Gasteiger partial charge in [-0.2, -0.15) is 0 Å². The van der Waals surface area contributed by atoms with Gasteiger partial charge < -0.3 is 11.1 Å². The Morgan fingerprint density at radius 2 is 2.24 bits per heavy atom. The Labute approximate surface area is 106 Å². The molecule has 1 aliphatic rings. The van der Waals surface area contributed by atoms with E-state index >= 15 is 0 Å². The lowest BCUT2D eigenvalue weighted by atomic mass is 10.1. The summed E-state index contributed by atoms with van der Waals surface area (Å²) in [7, 11) is -2.82. The number of para-hydroxylation sites is 1. The van der Waals surface area contributed by atoms with Crippen LogP contribution < -0.4 is 11.1 Å². The smallest absolute Gasteiger partial charge is 0.150 e. The molecule has 0 saturated carbocycles. The van der Waals surface area contributed by atoms with Crippen molar-refractivity contribution >= 4 is 32.8 Å². The zero-order valence-electron chi connectivity index (χ0n) is 9.32. The van der Waals surface area contributed by atoms with Crippen molar-refractivity contribution in [3.63, 3.8) is 0 Å². The third-order valence-electron chi connectivity index (χ3n) is 2.96. The zero-order valence-corrected chi connectivity index (χ0v) is 10.9. The number of nitrogens with one attached hydrogen (secondary N) is 1. The van der Waals surface area contributed by atoms with Gasteiger partial charge in [0.05, 0.1) is 27.9 Å². The third-order valence-corrected chi connectivity index (χ3v) is 5.13. The van der Waals surface area contributed by atoms with Gasteiger partial charge in [0.2, 0.25) is 0 Å². The van der Waals surface area contributed by atoms with Crippen LogP contribution in [0.3, 0.4) is 0 Å². The molecule has 1 saturated heterocycles. The van der Waals surface area contributed by atoms with Crippen LogP contribution in [0.5, 0.6) is 0 Å². The summed E-state index contributed by atoms with van der Waals surface area (Å²) in [6.07, 6.45) is 0.718. The van der Waals surface area contributed by atoms with Gasteiger partial charge in [0.15, 0.2) is 9.84 Å². The molecule has 6 heteroatoms. The summed E-state index contributed by atoms with van der Waals surface area (Å²) in [4.78, 5) is 0. The van der Waals surface area contributed by atoms with E-state index in [9.17, 15) is 8.42 Å². The second-order valence-corrected chi connectivity index (χ2v) is 6.99. The van der Waals surface area contributed by atoms with Crippen LogP contribution in [0.2, 0.25) is 5.02 Å². The molecule has 0 spiro atoms. The minimum atomic E-state index is -2.82. The van der Waals surface area contributed by atoms with Gasteiger partial charge in [-0.15, -0.1) is 0 Å². The quantitative estimate of drug-likeness (QED) is 0.824. The maximum atomic E-state index is 11.3. The van der Waals surface area contributed by atoms with Crippen molar-refractivity contribution in [1.82, 2.24) is 0 Å². The molecule has 2 rings (SSSR count). The van der Waals surface area contributed by atoms with Crippen molar-refractivity contribution in [3.8, 4) is 0 Å². The first-order valence-electron chi connectivity index (χ1n) is 5.46. The number of nitrogens with two attached hydrogens (primary N) is 1. The fraction of sp³-hybridized carbons (Fsp3) is 0.455. The van der Waals surface area contributed by atoms with Crippen molar-refractivity contribution in [2.45, 2.75) is 6.42 Å². The Morgan fingerprint density at radius 3 is 2.88 bits per heavy atom. The highest BCUT2D eigenvalue weighted by molar-refractivity contribution is 7.91. The van der Waals surface area contributed by atoms with Crippen molar-refractivity contribution in [3.05, 3.63) is 23.2 Å². The summed E-state index contributed by atoms with van der Waals surface area (Å²) in [5.74, 6) is 0.726. The van der Waals surface area contributed by atoms with Crippen LogP contribution in [-0.4, -0.2) is 26.5 Å². The largest absolute Gasteiger partial charge is 0.396 e. The lowest BCUT2D eigenvalue weighted by Gasteiger charge is -2.13. The summed E-state index contributed by atoms with van der Waals surface area (Å²) in [6, 6.07) is 5.37. The Bertz CT molecular complexity index is 516. The minimum absolute atomic E-state index is 0.165. The fourth-order valence-electron chi connectivity index (χ4n) is 1.98. The summed E-state index contributed by atoms with van der Waals surface area (Å²) >= 11 is 5.89. The van der Waals surface area contributed by atoms with E-state index in [0.29, 0.717) is 23.0 Å². The Hall–Kier alpha value is -0.940. The Kier molecular flexibility index (Phi) is 3.49. The van der Waals surface area contributed by atoms with Gasteiger partial charge in [-0.25, -0.2) is 8.42 Å². The SMILES string of the molecule is Nc1c(Cl)cccc1NCC1CCS(=O)(=O)C1. The lowest BCUT2D eigenvalue weighted by Crippen LogP contribution is -2.16. The molecular weight excluding hydrogens is 260 g/mol. The number of rotatable bonds is 3. The molecule has 1 atom stereocenters. The maximum absolute atomic E-state index is 11.3. The standard InChI is InChI=1S/C11H15ClN2O2S/c12-9-2-1-3-10(11(9)13)14-6-8-4-5-17(15,16)7-8/h1-3,8,14H,4-7,13H2. The van der Waals surface area contributed by atoms with Crippen LogP contribution in [0.25, 0.3) is 0 Å². The predicted octanol–water partition coefficient (Wildman–Crippen LogP) is 1.77. The van der Waals surface area contributed by atoms with E-state index in [1.54, 1.807) is 6.07 Å². The number of halogens is 1. The first-order chi connectivity index (χ1) is 7.98. The van der Waals surface area contributed by atoms with Crippen LogP contribution in [0.1, 0.15) is 6.42 Å². The van der Waals surface area contributed by atoms with Gasteiger partial charge in [-0.1, -0.05) is 17.7 Å². The molecule has 0 bridgehead atoms. The van der Waals surface area contributed by atoms with Crippen LogP contribution in [0, 0.1) is 5.92 Å². The normalized spacial score (nSPS) is 22.5. The summed E-state index contributed by atoms with van der Waals surface area (Å²) in [5, 5.41) is 3.67. The first-order valence-corrected chi connectivity index (χ1v) is 7.66. The second kappa shape index (κ2) is 4.74. The average molecular weight is 275 g/mol. The van der Waals surface area contributed by atoms with Gasteiger partial charge in [0.25, 0.3) is 0 Å². The topological polar surface area (TPSA) is 72.2 Å².